The molecular weight excluding hydrogens is 364 g/mol. The van der Waals surface area contributed by atoms with E-state index < -0.39 is 10.0 Å². The molecule has 0 atom stereocenters. The van der Waals surface area contributed by atoms with Crippen LogP contribution in [-0.4, -0.2) is 51.9 Å². The highest BCUT2D eigenvalue weighted by atomic mass is 32.2. The average Bonchev–Trinajstić information content (AvgIpc) is 2.64. The molecule has 1 saturated heterocycles. The number of carbonyl (C=O) groups excluding carboxylic acids is 1. The number of primary sulfonamides is 1. The summed E-state index contributed by atoms with van der Waals surface area (Å²) in [6.45, 7) is 5.43. The van der Waals surface area contributed by atoms with Crippen molar-refractivity contribution in [3.8, 4) is 0 Å². The minimum absolute atomic E-state index is 0.0233. The summed E-state index contributed by atoms with van der Waals surface area (Å²) >= 11 is 0. The lowest BCUT2D eigenvalue weighted by atomic mass is 10.2. The SMILES string of the molecule is Cc1ccc(NC(=O)CN2CCN(c3ccc(S(N)(=O)=O)cc3)CC2)cc1. The minimum atomic E-state index is -3.67. The smallest absolute Gasteiger partial charge is 0.238 e. The van der Waals surface area contributed by atoms with Crippen LogP contribution in [0.2, 0.25) is 0 Å². The van der Waals surface area contributed by atoms with Crippen LogP contribution in [0.25, 0.3) is 0 Å². The predicted molar refractivity (Wildman–Crippen MR) is 106 cm³/mol. The standard InChI is InChI=1S/C19H24N4O3S/c1-15-2-4-16(5-3-15)21-19(24)14-22-10-12-23(13-11-22)17-6-8-18(9-7-17)27(20,25)26/h2-9H,10-14H2,1H3,(H,21,24)(H2,20,25,26). The van der Waals surface area contributed by atoms with Gasteiger partial charge in [-0.2, -0.15) is 0 Å². The van der Waals surface area contributed by atoms with Crippen molar-refractivity contribution in [3.63, 3.8) is 0 Å². The average molecular weight is 388 g/mol. The number of benzene rings is 2. The molecule has 27 heavy (non-hydrogen) atoms. The fraction of sp³-hybridized carbons (Fsp3) is 0.316. The first kappa shape index (κ1) is 19.3. The van der Waals surface area contributed by atoms with Gasteiger partial charge >= 0.3 is 0 Å². The number of sulfonamides is 1. The number of piperazine rings is 1. The van der Waals surface area contributed by atoms with E-state index in [4.69, 9.17) is 5.14 Å². The maximum absolute atomic E-state index is 12.2. The van der Waals surface area contributed by atoms with Crippen molar-refractivity contribution in [2.45, 2.75) is 11.8 Å². The summed E-state index contributed by atoms with van der Waals surface area (Å²) in [6.07, 6.45) is 0. The summed E-state index contributed by atoms with van der Waals surface area (Å²) < 4.78 is 22.7. The van der Waals surface area contributed by atoms with Gasteiger partial charge in [-0.15, -0.1) is 0 Å². The summed E-state index contributed by atoms with van der Waals surface area (Å²) in [5.74, 6) is -0.0233. The molecule has 1 amide bonds. The lowest BCUT2D eigenvalue weighted by Gasteiger charge is -2.35. The third kappa shape index (κ3) is 5.29. The monoisotopic (exact) mass is 388 g/mol. The van der Waals surface area contributed by atoms with Gasteiger partial charge in [0.1, 0.15) is 0 Å². The second-order valence-electron chi connectivity index (χ2n) is 6.72. The minimum Gasteiger partial charge on any atom is -0.369 e. The molecule has 1 heterocycles. The lowest BCUT2D eigenvalue weighted by Crippen LogP contribution is -2.48. The van der Waals surface area contributed by atoms with Crippen molar-refractivity contribution >= 4 is 27.3 Å². The van der Waals surface area contributed by atoms with Crippen LogP contribution in [0.15, 0.2) is 53.4 Å². The maximum Gasteiger partial charge on any atom is 0.238 e. The highest BCUT2D eigenvalue weighted by Crippen LogP contribution is 2.19. The van der Waals surface area contributed by atoms with Gasteiger partial charge in [0.15, 0.2) is 0 Å². The van der Waals surface area contributed by atoms with Crippen molar-refractivity contribution in [1.82, 2.24) is 4.90 Å². The van der Waals surface area contributed by atoms with Crippen LogP contribution in [-0.2, 0) is 14.8 Å². The van der Waals surface area contributed by atoms with E-state index in [1.54, 1.807) is 12.1 Å². The predicted octanol–water partition coefficient (Wildman–Crippen LogP) is 1.40. The second-order valence-corrected chi connectivity index (χ2v) is 8.28. The molecule has 0 spiro atoms. The van der Waals surface area contributed by atoms with Gasteiger partial charge in [-0.25, -0.2) is 13.6 Å². The Hall–Kier alpha value is -2.42. The molecule has 8 heteroatoms. The summed E-state index contributed by atoms with van der Waals surface area (Å²) in [4.78, 5) is 16.6. The van der Waals surface area contributed by atoms with Gasteiger partial charge in [0.2, 0.25) is 15.9 Å². The quantitative estimate of drug-likeness (QED) is 0.807. The zero-order valence-corrected chi connectivity index (χ0v) is 16.1. The number of rotatable bonds is 5. The molecule has 1 aliphatic rings. The van der Waals surface area contributed by atoms with Crippen molar-refractivity contribution in [2.75, 3.05) is 42.9 Å². The zero-order chi connectivity index (χ0) is 19.4. The molecule has 2 aromatic rings. The molecule has 0 aliphatic carbocycles. The summed E-state index contributed by atoms with van der Waals surface area (Å²) in [5.41, 5.74) is 2.91. The van der Waals surface area contributed by atoms with Gasteiger partial charge in [-0.05, 0) is 43.3 Å². The van der Waals surface area contributed by atoms with Crippen LogP contribution in [0.5, 0.6) is 0 Å². The molecule has 0 saturated carbocycles. The van der Waals surface area contributed by atoms with Crippen molar-refractivity contribution in [3.05, 3.63) is 54.1 Å². The van der Waals surface area contributed by atoms with E-state index in [1.165, 1.54) is 12.1 Å². The summed E-state index contributed by atoms with van der Waals surface area (Å²) in [5, 5.41) is 8.04. The topological polar surface area (TPSA) is 95.7 Å². The second kappa shape index (κ2) is 8.08. The lowest BCUT2D eigenvalue weighted by molar-refractivity contribution is -0.117. The van der Waals surface area contributed by atoms with E-state index in [0.717, 1.165) is 43.1 Å². The summed E-state index contributed by atoms with van der Waals surface area (Å²) in [7, 11) is -3.67. The fourth-order valence-corrected chi connectivity index (χ4v) is 3.57. The van der Waals surface area contributed by atoms with Crippen LogP contribution in [0.1, 0.15) is 5.56 Å². The molecule has 0 bridgehead atoms. The first-order chi connectivity index (χ1) is 12.8. The molecule has 0 radical (unpaired) electrons. The van der Waals surface area contributed by atoms with Gasteiger partial charge in [0.05, 0.1) is 11.4 Å². The Morgan fingerprint density at radius 3 is 2.15 bits per heavy atom. The third-order valence-electron chi connectivity index (χ3n) is 4.61. The molecule has 3 N–H and O–H groups in total. The highest BCUT2D eigenvalue weighted by molar-refractivity contribution is 7.89. The number of nitrogens with two attached hydrogens (primary N) is 1. The molecule has 7 nitrogen and oxygen atoms in total. The number of amides is 1. The van der Waals surface area contributed by atoms with E-state index in [1.807, 2.05) is 31.2 Å². The fourth-order valence-electron chi connectivity index (χ4n) is 3.05. The van der Waals surface area contributed by atoms with E-state index in [2.05, 4.69) is 15.1 Å². The molecule has 0 unspecified atom stereocenters. The van der Waals surface area contributed by atoms with Gasteiger partial charge in [-0.1, -0.05) is 17.7 Å². The number of nitrogens with one attached hydrogen (secondary N) is 1. The Kier molecular flexibility index (Phi) is 5.79. The van der Waals surface area contributed by atoms with Gasteiger partial charge in [0, 0.05) is 37.6 Å². The molecular formula is C19H24N4O3S. The zero-order valence-electron chi connectivity index (χ0n) is 15.3. The largest absolute Gasteiger partial charge is 0.369 e. The molecule has 1 fully saturated rings. The van der Waals surface area contributed by atoms with E-state index in [-0.39, 0.29) is 10.8 Å². The maximum atomic E-state index is 12.2. The van der Waals surface area contributed by atoms with Gasteiger partial charge in [-0.3, -0.25) is 9.69 Å². The van der Waals surface area contributed by atoms with Crippen LogP contribution >= 0.6 is 0 Å². The van der Waals surface area contributed by atoms with Crippen molar-refractivity contribution in [2.24, 2.45) is 5.14 Å². The Balaban J connectivity index is 1.50. The first-order valence-electron chi connectivity index (χ1n) is 8.78. The Labute approximate surface area is 159 Å². The third-order valence-corrected chi connectivity index (χ3v) is 5.53. The van der Waals surface area contributed by atoms with E-state index in [0.29, 0.717) is 6.54 Å². The van der Waals surface area contributed by atoms with E-state index in [9.17, 15) is 13.2 Å². The molecule has 0 aromatic heterocycles. The van der Waals surface area contributed by atoms with Crippen molar-refractivity contribution in [1.29, 1.82) is 0 Å². The van der Waals surface area contributed by atoms with Crippen molar-refractivity contribution < 1.29 is 13.2 Å². The molecule has 3 rings (SSSR count). The van der Waals surface area contributed by atoms with Crippen LogP contribution in [0.3, 0.4) is 0 Å². The van der Waals surface area contributed by atoms with Crippen LogP contribution < -0.4 is 15.4 Å². The Morgan fingerprint density at radius 1 is 1.00 bits per heavy atom. The highest BCUT2D eigenvalue weighted by Gasteiger charge is 2.19. The summed E-state index contributed by atoms with van der Waals surface area (Å²) in [6, 6.07) is 14.3. The Bertz CT molecular complexity index is 888. The number of carbonyl (C=O) groups is 1. The molecule has 1 aliphatic heterocycles. The van der Waals surface area contributed by atoms with Crippen LogP contribution in [0.4, 0.5) is 11.4 Å². The number of anilines is 2. The van der Waals surface area contributed by atoms with Gasteiger partial charge in [0.25, 0.3) is 0 Å². The molecule has 2 aromatic carbocycles. The number of hydrogen-bond acceptors (Lipinski definition) is 5. The first-order valence-corrected chi connectivity index (χ1v) is 10.3. The van der Waals surface area contributed by atoms with E-state index >= 15 is 0 Å². The number of hydrogen-bond donors (Lipinski definition) is 2. The Morgan fingerprint density at radius 2 is 1.59 bits per heavy atom. The number of aryl methyl sites for hydroxylation is 1. The van der Waals surface area contributed by atoms with Gasteiger partial charge < -0.3 is 10.2 Å². The molecule has 144 valence electrons. The van der Waals surface area contributed by atoms with Crippen LogP contribution in [0, 0.1) is 6.92 Å². The number of nitrogens with zero attached hydrogens (tertiary/aromatic N) is 2. The normalized spacial score (nSPS) is 15.6.